The maximum atomic E-state index is 11.1. The first-order valence-corrected chi connectivity index (χ1v) is 7.89. The van der Waals surface area contributed by atoms with E-state index in [9.17, 15) is 4.79 Å². The Morgan fingerprint density at radius 1 is 1.45 bits per heavy atom. The summed E-state index contributed by atoms with van der Waals surface area (Å²) in [5.41, 5.74) is 2.28. The third kappa shape index (κ3) is 3.57. The summed E-state index contributed by atoms with van der Waals surface area (Å²) in [6, 6.07) is 5.72. The van der Waals surface area contributed by atoms with E-state index in [1.165, 1.54) is 11.3 Å². The molecule has 0 atom stereocenters. The number of carbonyl (C=O) groups is 1. The van der Waals surface area contributed by atoms with Crippen LogP contribution in [0.25, 0.3) is 10.6 Å². The molecule has 0 bridgehead atoms. The number of aryl methyl sites for hydroxylation is 1. The summed E-state index contributed by atoms with van der Waals surface area (Å²) in [5, 5.41) is 12.9. The van der Waals surface area contributed by atoms with E-state index in [0.717, 1.165) is 17.0 Å². The second-order valence-electron chi connectivity index (χ2n) is 5.40. The zero-order valence-electron chi connectivity index (χ0n) is 13.1. The van der Waals surface area contributed by atoms with Gasteiger partial charge in [-0.2, -0.15) is 0 Å². The lowest BCUT2D eigenvalue weighted by molar-refractivity contribution is 0.0701. The van der Waals surface area contributed by atoms with Gasteiger partial charge in [-0.3, -0.25) is 0 Å². The number of aromatic nitrogens is 1. The van der Waals surface area contributed by atoms with Crippen LogP contribution in [0.4, 0.5) is 5.69 Å². The highest BCUT2D eigenvalue weighted by Crippen LogP contribution is 2.33. The summed E-state index contributed by atoms with van der Waals surface area (Å²) in [6.45, 7) is 6.55. The number of hydrogen-bond donors (Lipinski definition) is 2. The van der Waals surface area contributed by atoms with Crippen LogP contribution in [-0.4, -0.2) is 29.7 Å². The van der Waals surface area contributed by atoms with Crippen LogP contribution in [-0.2, 0) is 0 Å². The third-order valence-electron chi connectivity index (χ3n) is 3.06. The van der Waals surface area contributed by atoms with Crippen LogP contribution in [0, 0.1) is 12.8 Å². The average molecular weight is 320 g/mol. The van der Waals surface area contributed by atoms with E-state index in [0.29, 0.717) is 23.2 Å². The largest absolute Gasteiger partial charge is 0.491 e. The summed E-state index contributed by atoms with van der Waals surface area (Å²) in [5.74, 6) is 0.294. The van der Waals surface area contributed by atoms with E-state index >= 15 is 0 Å². The zero-order valence-corrected chi connectivity index (χ0v) is 14.0. The number of benzene rings is 1. The molecule has 1 aromatic heterocycles. The van der Waals surface area contributed by atoms with Gasteiger partial charge >= 0.3 is 5.97 Å². The van der Waals surface area contributed by atoms with Crippen molar-refractivity contribution in [2.24, 2.45) is 5.92 Å². The lowest BCUT2D eigenvalue weighted by atomic mass is 10.2. The quantitative estimate of drug-likeness (QED) is 0.845. The fourth-order valence-electron chi connectivity index (χ4n) is 1.96. The SMILES string of the molecule is CNc1cc(-c2nc(C)c(C(=O)O)s2)ccc1OCC(C)C. The number of hydrogen-bond acceptors (Lipinski definition) is 5. The number of anilines is 1. The van der Waals surface area contributed by atoms with Gasteiger partial charge in [0.05, 0.1) is 18.0 Å². The van der Waals surface area contributed by atoms with Gasteiger partial charge in [0, 0.05) is 12.6 Å². The maximum Gasteiger partial charge on any atom is 0.347 e. The second-order valence-corrected chi connectivity index (χ2v) is 6.40. The van der Waals surface area contributed by atoms with Gasteiger partial charge in [-0.05, 0) is 31.0 Å². The molecule has 2 rings (SSSR count). The van der Waals surface area contributed by atoms with Crippen molar-refractivity contribution in [3.8, 4) is 16.3 Å². The number of carboxylic acid groups (broad SMARTS) is 1. The number of rotatable bonds is 6. The molecule has 0 aliphatic carbocycles. The highest BCUT2D eigenvalue weighted by atomic mass is 32.1. The Labute approximate surface area is 134 Å². The van der Waals surface area contributed by atoms with Crippen LogP contribution >= 0.6 is 11.3 Å². The first-order valence-electron chi connectivity index (χ1n) is 7.08. The van der Waals surface area contributed by atoms with Crippen molar-refractivity contribution in [3.05, 3.63) is 28.8 Å². The zero-order chi connectivity index (χ0) is 16.3. The minimum absolute atomic E-state index is 0.279. The van der Waals surface area contributed by atoms with Crippen LogP contribution in [0.1, 0.15) is 29.2 Å². The monoisotopic (exact) mass is 320 g/mol. The predicted molar refractivity (Wildman–Crippen MR) is 89.1 cm³/mol. The van der Waals surface area contributed by atoms with Gasteiger partial charge in [0.1, 0.15) is 15.6 Å². The predicted octanol–water partition coefficient (Wildman–Crippen LogP) is 3.89. The molecule has 0 radical (unpaired) electrons. The molecule has 0 unspecified atom stereocenters. The van der Waals surface area contributed by atoms with Crippen molar-refractivity contribution in [1.82, 2.24) is 4.98 Å². The fraction of sp³-hybridized carbons (Fsp3) is 0.375. The van der Waals surface area contributed by atoms with E-state index < -0.39 is 5.97 Å². The molecule has 0 aliphatic heterocycles. The van der Waals surface area contributed by atoms with E-state index in [-0.39, 0.29) is 4.88 Å². The number of nitrogens with one attached hydrogen (secondary N) is 1. The van der Waals surface area contributed by atoms with E-state index in [4.69, 9.17) is 9.84 Å². The number of nitrogens with zero attached hydrogens (tertiary/aromatic N) is 1. The van der Waals surface area contributed by atoms with Crippen molar-refractivity contribution in [2.75, 3.05) is 19.0 Å². The summed E-state index contributed by atoms with van der Waals surface area (Å²) in [7, 11) is 1.83. The normalized spacial score (nSPS) is 10.8. The van der Waals surface area contributed by atoms with Gasteiger partial charge in [0.15, 0.2) is 0 Å². The molecule has 0 saturated heterocycles. The molecule has 0 fully saturated rings. The molecule has 0 amide bonds. The van der Waals surface area contributed by atoms with Crippen molar-refractivity contribution in [3.63, 3.8) is 0 Å². The van der Waals surface area contributed by atoms with Crippen molar-refractivity contribution < 1.29 is 14.6 Å². The number of thiazole rings is 1. The Morgan fingerprint density at radius 3 is 2.73 bits per heavy atom. The first-order chi connectivity index (χ1) is 10.4. The van der Waals surface area contributed by atoms with Gasteiger partial charge in [0.2, 0.25) is 0 Å². The molecule has 6 heteroatoms. The summed E-state index contributed by atoms with van der Waals surface area (Å²) < 4.78 is 5.77. The van der Waals surface area contributed by atoms with Gasteiger partial charge in [-0.25, -0.2) is 9.78 Å². The Morgan fingerprint density at radius 2 is 2.18 bits per heavy atom. The summed E-state index contributed by atoms with van der Waals surface area (Å²) >= 11 is 1.18. The molecule has 0 spiro atoms. The molecule has 5 nitrogen and oxygen atoms in total. The molecule has 1 heterocycles. The summed E-state index contributed by atoms with van der Waals surface area (Å²) in [6.07, 6.45) is 0. The van der Waals surface area contributed by atoms with Gasteiger partial charge < -0.3 is 15.2 Å². The van der Waals surface area contributed by atoms with Crippen LogP contribution in [0.15, 0.2) is 18.2 Å². The van der Waals surface area contributed by atoms with Crippen molar-refractivity contribution in [1.29, 1.82) is 0 Å². The number of carboxylic acids is 1. The maximum absolute atomic E-state index is 11.1. The minimum Gasteiger partial charge on any atom is -0.491 e. The van der Waals surface area contributed by atoms with Crippen LogP contribution in [0.5, 0.6) is 5.75 Å². The van der Waals surface area contributed by atoms with E-state index in [1.807, 2.05) is 25.2 Å². The highest BCUT2D eigenvalue weighted by molar-refractivity contribution is 7.17. The third-order valence-corrected chi connectivity index (χ3v) is 4.25. The van der Waals surface area contributed by atoms with Crippen LogP contribution in [0.2, 0.25) is 0 Å². The molecule has 0 aliphatic rings. The number of aromatic carboxylic acids is 1. The Hall–Kier alpha value is -2.08. The molecule has 118 valence electrons. The van der Waals surface area contributed by atoms with Gasteiger partial charge in [-0.15, -0.1) is 11.3 Å². The molecule has 22 heavy (non-hydrogen) atoms. The average Bonchev–Trinajstić information content (AvgIpc) is 2.87. The number of ether oxygens (including phenoxy) is 1. The fourth-order valence-corrected chi connectivity index (χ4v) is 2.86. The Kier molecular flexibility index (Phi) is 5.03. The molecular weight excluding hydrogens is 300 g/mol. The molecule has 2 N–H and O–H groups in total. The standard InChI is InChI=1S/C16H20N2O3S/c1-9(2)8-21-13-6-5-11(7-12(13)17-4)15-18-10(3)14(22-15)16(19)20/h5-7,9,17H,8H2,1-4H3,(H,19,20). The molecule has 1 aromatic carbocycles. The molecule has 2 aromatic rings. The lowest BCUT2D eigenvalue weighted by Gasteiger charge is -2.13. The first kappa shape index (κ1) is 16.3. The molecule has 0 saturated carbocycles. The van der Waals surface area contributed by atoms with Gasteiger partial charge in [0.25, 0.3) is 0 Å². The van der Waals surface area contributed by atoms with Crippen LogP contribution < -0.4 is 10.1 Å². The Balaban J connectivity index is 2.33. The highest BCUT2D eigenvalue weighted by Gasteiger charge is 2.16. The van der Waals surface area contributed by atoms with E-state index in [1.54, 1.807) is 6.92 Å². The van der Waals surface area contributed by atoms with Crippen molar-refractivity contribution in [2.45, 2.75) is 20.8 Å². The smallest absolute Gasteiger partial charge is 0.347 e. The topological polar surface area (TPSA) is 71.5 Å². The summed E-state index contributed by atoms with van der Waals surface area (Å²) in [4.78, 5) is 15.8. The van der Waals surface area contributed by atoms with E-state index in [2.05, 4.69) is 24.1 Å². The minimum atomic E-state index is -0.938. The second kappa shape index (κ2) is 6.79. The van der Waals surface area contributed by atoms with Crippen LogP contribution in [0.3, 0.4) is 0 Å². The van der Waals surface area contributed by atoms with Crippen molar-refractivity contribution >= 4 is 23.0 Å². The molecular formula is C16H20N2O3S. The van der Waals surface area contributed by atoms with Gasteiger partial charge in [-0.1, -0.05) is 13.8 Å². The Bertz CT molecular complexity index is 680. The lowest BCUT2D eigenvalue weighted by Crippen LogP contribution is -2.06.